The van der Waals surface area contributed by atoms with E-state index in [0.29, 0.717) is 12.2 Å². The van der Waals surface area contributed by atoms with Crippen LogP contribution in [0.4, 0.5) is 5.69 Å². The van der Waals surface area contributed by atoms with Gasteiger partial charge in [0, 0.05) is 24.6 Å². The zero-order valence-electron chi connectivity index (χ0n) is 14.0. The Morgan fingerprint density at radius 3 is 2.44 bits per heavy atom. The van der Waals surface area contributed by atoms with Crippen molar-refractivity contribution in [3.05, 3.63) is 84.4 Å². The van der Waals surface area contributed by atoms with E-state index in [-0.39, 0.29) is 5.91 Å². The quantitative estimate of drug-likeness (QED) is 0.694. The molecule has 126 valence electrons. The maximum atomic E-state index is 12.9. The Balaban J connectivity index is 1.85. The molecule has 2 aromatic carbocycles. The molecule has 5 heteroatoms. The van der Waals surface area contributed by atoms with Gasteiger partial charge in [0.15, 0.2) is 0 Å². The molecule has 1 aromatic heterocycles. The molecule has 5 nitrogen and oxygen atoms in total. The van der Waals surface area contributed by atoms with Crippen LogP contribution in [-0.4, -0.2) is 29.5 Å². The van der Waals surface area contributed by atoms with Gasteiger partial charge in [0.05, 0.1) is 13.3 Å². The van der Waals surface area contributed by atoms with Crippen molar-refractivity contribution in [3.8, 4) is 5.75 Å². The lowest BCUT2D eigenvalue weighted by atomic mass is 10.1. The van der Waals surface area contributed by atoms with Crippen molar-refractivity contribution in [2.75, 3.05) is 18.6 Å². The fraction of sp³-hybridized carbons (Fsp3) is 0.150. The Morgan fingerprint density at radius 2 is 1.80 bits per heavy atom. The summed E-state index contributed by atoms with van der Waals surface area (Å²) in [6.45, 7) is 0.547. The van der Waals surface area contributed by atoms with E-state index in [1.807, 2.05) is 42.5 Å². The third kappa shape index (κ3) is 4.20. The molecule has 25 heavy (non-hydrogen) atoms. The second-order valence-electron chi connectivity index (χ2n) is 5.48. The van der Waals surface area contributed by atoms with Gasteiger partial charge in [-0.1, -0.05) is 30.3 Å². The van der Waals surface area contributed by atoms with Gasteiger partial charge in [0.1, 0.15) is 11.4 Å². The Kier molecular flexibility index (Phi) is 5.36. The summed E-state index contributed by atoms with van der Waals surface area (Å²) in [5.74, 6) is 0.577. The normalized spacial score (nSPS) is 10.3. The van der Waals surface area contributed by atoms with Crippen LogP contribution in [0.25, 0.3) is 0 Å². The van der Waals surface area contributed by atoms with E-state index >= 15 is 0 Å². The molecule has 0 spiro atoms. The molecule has 0 unspecified atom stereocenters. The average Bonchev–Trinajstić information content (AvgIpc) is 2.70. The summed E-state index contributed by atoms with van der Waals surface area (Å²) in [6.07, 6.45) is 5.31. The highest BCUT2D eigenvalue weighted by atomic mass is 16.5. The van der Waals surface area contributed by atoms with Crippen LogP contribution in [-0.2, 0) is 6.42 Å². The zero-order valence-corrected chi connectivity index (χ0v) is 14.0. The van der Waals surface area contributed by atoms with Crippen LogP contribution in [0.1, 0.15) is 16.1 Å². The van der Waals surface area contributed by atoms with Crippen molar-refractivity contribution in [2.24, 2.45) is 0 Å². The molecular formula is C20H19N3O2. The number of ether oxygens (including phenoxy) is 1. The molecule has 0 atom stereocenters. The highest BCUT2D eigenvalue weighted by Gasteiger charge is 2.19. The fourth-order valence-corrected chi connectivity index (χ4v) is 2.54. The number of aromatic nitrogens is 2. The molecule has 3 rings (SSSR count). The van der Waals surface area contributed by atoms with Crippen LogP contribution in [0, 0.1) is 0 Å². The standard InChI is InChI=1S/C20H19N3O2/c1-25-18-9-7-17(8-10-18)23(14-11-16-5-3-2-4-6-16)20(24)19-15-21-12-13-22-19/h2-10,12-13,15H,11,14H2,1H3. The van der Waals surface area contributed by atoms with Gasteiger partial charge < -0.3 is 9.64 Å². The number of benzene rings is 2. The third-order valence-electron chi connectivity index (χ3n) is 3.88. The number of nitrogens with zero attached hydrogens (tertiary/aromatic N) is 3. The van der Waals surface area contributed by atoms with Crippen LogP contribution in [0.3, 0.4) is 0 Å². The van der Waals surface area contributed by atoms with E-state index in [1.54, 1.807) is 18.2 Å². The SMILES string of the molecule is COc1ccc(N(CCc2ccccc2)C(=O)c2cnccn2)cc1. The van der Waals surface area contributed by atoms with Crippen LogP contribution in [0.2, 0.25) is 0 Å². The summed E-state index contributed by atoms with van der Waals surface area (Å²) >= 11 is 0. The summed E-state index contributed by atoms with van der Waals surface area (Å²) in [5, 5.41) is 0. The number of hydrogen-bond donors (Lipinski definition) is 0. The molecule has 0 saturated carbocycles. The molecule has 0 bridgehead atoms. The first-order valence-corrected chi connectivity index (χ1v) is 8.04. The number of hydrogen-bond acceptors (Lipinski definition) is 4. The monoisotopic (exact) mass is 333 g/mol. The van der Waals surface area contributed by atoms with Crippen LogP contribution in [0.15, 0.2) is 73.2 Å². The lowest BCUT2D eigenvalue weighted by Crippen LogP contribution is -2.33. The van der Waals surface area contributed by atoms with E-state index in [0.717, 1.165) is 17.9 Å². The van der Waals surface area contributed by atoms with Crippen LogP contribution in [0.5, 0.6) is 5.75 Å². The number of rotatable bonds is 6. The molecule has 0 aliphatic heterocycles. The van der Waals surface area contributed by atoms with E-state index in [9.17, 15) is 4.79 Å². The topological polar surface area (TPSA) is 55.3 Å². The maximum Gasteiger partial charge on any atom is 0.278 e. The van der Waals surface area contributed by atoms with Crippen molar-refractivity contribution in [1.82, 2.24) is 9.97 Å². The third-order valence-corrected chi connectivity index (χ3v) is 3.88. The molecule has 0 aliphatic carbocycles. The summed E-state index contributed by atoms with van der Waals surface area (Å²) in [5.41, 5.74) is 2.30. The highest BCUT2D eigenvalue weighted by Crippen LogP contribution is 2.21. The first-order chi connectivity index (χ1) is 12.3. The minimum absolute atomic E-state index is 0.172. The van der Waals surface area contributed by atoms with Crippen molar-refractivity contribution >= 4 is 11.6 Å². The van der Waals surface area contributed by atoms with Crippen molar-refractivity contribution in [2.45, 2.75) is 6.42 Å². The Morgan fingerprint density at radius 1 is 1.04 bits per heavy atom. The van der Waals surface area contributed by atoms with Gasteiger partial charge in [-0.3, -0.25) is 9.78 Å². The highest BCUT2D eigenvalue weighted by molar-refractivity contribution is 6.04. The van der Waals surface area contributed by atoms with Crippen LogP contribution >= 0.6 is 0 Å². The summed E-state index contributed by atoms with van der Waals surface area (Å²) in [6, 6.07) is 17.5. The zero-order chi connectivity index (χ0) is 17.5. The number of carbonyl (C=O) groups excluding carboxylic acids is 1. The van der Waals surface area contributed by atoms with E-state index in [4.69, 9.17) is 4.74 Å². The molecule has 1 amide bonds. The van der Waals surface area contributed by atoms with Gasteiger partial charge in [0.25, 0.3) is 5.91 Å². The molecule has 0 fully saturated rings. The average molecular weight is 333 g/mol. The van der Waals surface area contributed by atoms with E-state index in [2.05, 4.69) is 22.1 Å². The molecule has 0 radical (unpaired) electrons. The first-order valence-electron chi connectivity index (χ1n) is 8.04. The molecule has 1 heterocycles. The second kappa shape index (κ2) is 8.06. The fourth-order valence-electron chi connectivity index (χ4n) is 2.54. The number of methoxy groups -OCH3 is 1. The molecule has 0 aliphatic rings. The maximum absolute atomic E-state index is 12.9. The van der Waals surface area contributed by atoms with Crippen molar-refractivity contribution < 1.29 is 9.53 Å². The van der Waals surface area contributed by atoms with Gasteiger partial charge in [0.2, 0.25) is 0 Å². The predicted octanol–water partition coefficient (Wildman–Crippen LogP) is 3.37. The van der Waals surface area contributed by atoms with Crippen molar-refractivity contribution in [3.63, 3.8) is 0 Å². The van der Waals surface area contributed by atoms with Crippen molar-refractivity contribution in [1.29, 1.82) is 0 Å². The lowest BCUT2D eigenvalue weighted by molar-refractivity contribution is 0.0982. The molecular weight excluding hydrogens is 314 g/mol. The second-order valence-corrected chi connectivity index (χ2v) is 5.48. The summed E-state index contributed by atoms with van der Waals surface area (Å²) in [4.78, 5) is 22.8. The minimum Gasteiger partial charge on any atom is -0.497 e. The molecule has 0 N–H and O–H groups in total. The molecule has 0 saturated heterocycles. The Bertz CT molecular complexity index is 805. The molecule has 3 aromatic rings. The lowest BCUT2D eigenvalue weighted by Gasteiger charge is -2.22. The number of anilines is 1. The Labute approximate surface area is 146 Å². The number of carbonyl (C=O) groups is 1. The van der Waals surface area contributed by atoms with Gasteiger partial charge in [-0.2, -0.15) is 0 Å². The van der Waals surface area contributed by atoms with Crippen LogP contribution < -0.4 is 9.64 Å². The van der Waals surface area contributed by atoms with Gasteiger partial charge in [-0.25, -0.2) is 4.98 Å². The predicted molar refractivity (Wildman–Crippen MR) is 96.8 cm³/mol. The first kappa shape index (κ1) is 16.6. The summed E-state index contributed by atoms with van der Waals surface area (Å²) < 4.78 is 5.20. The number of amides is 1. The largest absolute Gasteiger partial charge is 0.497 e. The van der Waals surface area contributed by atoms with E-state index in [1.165, 1.54) is 18.0 Å². The smallest absolute Gasteiger partial charge is 0.278 e. The van der Waals surface area contributed by atoms with Gasteiger partial charge in [-0.15, -0.1) is 0 Å². The van der Waals surface area contributed by atoms with Gasteiger partial charge >= 0.3 is 0 Å². The van der Waals surface area contributed by atoms with E-state index < -0.39 is 0 Å². The Hall–Kier alpha value is -3.21. The van der Waals surface area contributed by atoms with Gasteiger partial charge in [-0.05, 0) is 36.2 Å². The minimum atomic E-state index is -0.172. The summed E-state index contributed by atoms with van der Waals surface area (Å²) in [7, 11) is 1.62.